The summed E-state index contributed by atoms with van der Waals surface area (Å²) in [6.45, 7) is 6.00. The second kappa shape index (κ2) is 5.10. The standard InChI is InChI=1S/C15H28N2O/c1-2-17(9-12-3-4-12)10-15(11-18,13-5-6-13)16-14-7-8-14/h12-14,16,18H,2-11H2,1H3. The summed E-state index contributed by atoms with van der Waals surface area (Å²) in [4.78, 5) is 2.57. The highest BCUT2D eigenvalue weighted by molar-refractivity contribution is 5.06. The Hall–Kier alpha value is -0.120. The summed E-state index contributed by atoms with van der Waals surface area (Å²) >= 11 is 0. The molecule has 0 spiro atoms. The molecule has 104 valence electrons. The number of aliphatic hydroxyl groups excluding tert-OH is 1. The van der Waals surface area contributed by atoms with E-state index in [0.29, 0.717) is 12.6 Å². The molecule has 18 heavy (non-hydrogen) atoms. The molecule has 0 radical (unpaired) electrons. The zero-order valence-corrected chi connectivity index (χ0v) is 11.7. The van der Waals surface area contributed by atoms with Crippen molar-refractivity contribution in [1.82, 2.24) is 10.2 Å². The summed E-state index contributed by atoms with van der Waals surface area (Å²) in [5.41, 5.74) is 0.00602. The lowest BCUT2D eigenvalue weighted by atomic mass is 9.92. The molecule has 0 heterocycles. The molecule has 3 aliphatic rings. The summed E-state index contributed by atoms with van der Waals surface area (Å²) < 4.78 is 0. The lowest BCUT2D eigenvalue weighted by Gasteiger charge is -2.38. The van der Waals surface area contributed by atoms with Crippen LogP contribution in [0.1, 0.15) is 45.4 Å². The molecule has 0 aromatic heterocycles. The average Bonchev–Trinajstić information content (AvgIpc) is 3.21. The van der Waals surface area contributed by atoms with E-state index in [1.165, 1.54) is 45.1 Å². The third kappa shape index (κ3) is 3.06. The monoisotopic (exact) mass is 252 g/mol. The minimum Gasteiger partial charge on any atom is -0.394 e. The first-order chi connectivity index (χ1) is 8.75. The molecule has 3 aliphatic carbocycles. The molecule has 0 aromatic carbocycles. The summed E-state index contributed by atoms with van der Waals surface area (Å²) in [6, 6.07) is 0.692. The van der Waals surface area contributed by atoms with Crippen molar-refractivity contribution >= 4 is 0 Å². The SMILES string of the molecule is CCN(CC1CC1)CC(CO)(NC1CC1)C1CC1. The number of hydrogen-bond donors (Lipinski definition) is 2. The minimum absolute atomic E-state index is 0.00602. The Bertz CT molecular complexity index is 284. The van der Waals surface area contributed by atoms with Crippen LogP contribution in [0.4, 0.5) is 0 Å². The summed E-state index contributed by atoms with van der Waals surface area (Å²) in [7, 11) is 0. The van der Waals surface area contributed by atoms with Gasteiger partial charge in [0.15, 0.2) is 0 Å². The molecule has 3 heteroatoms. The Balaban J connectivity index is 1.61. The van der Waals surface area contributed by atoms with Crippen LogP contribution in [0.5, 0.6) is 0 Å². The van der Waals surface area contributed by atoms with E-state index >= 15 is 0 Å². The predicted molar refractivity (Wildman–Crippen MR) is 73.5 cm³/mol. The van der Waals surface area contributed by atoms with Crippen molar-refractivity contribution in [2.45, 2.75) is 57.0 Å². The topological polar surface area (TPSA) is 35.5 Å². The number of likely N-dealkylation sites (N-methyl/N-ethyl adjacent to an activating group) is 1. The Morgan fingerprint density at radius 1 is 1.17 bits per heavy atom. The van der Waals surface area contributed by atoms with Gasteiger partial charge in [0.05, 0.1) is 12.1 Å². The van der Waals surface area contributed by atoms with E-state index in [-0.39, 0.29) is 5.54 Å². The molecule has 0 aliphatic heterocycles. The van der Waals surface area contributed by atoms with Crippen LogP contribution >= 0.6 is 0 Å². The van der Waals surface area contributed by atoms with Gasteiger partial charge >= 0.3 is 0 Å². The first kappa shape index (κ1) is 12.9. The van der Waals surface area contributed by atoms with Crippen LogP contribution in [-0.4, -0.2) is 47.8 Å². The smallest absolute Gasteiger partial charge is 0.0628 e. The number of nitrogens with one attached hydrogen (secondary N) is 1. The molecule has 0 saturated heterocycles. The fourth-order valence-electron chi connectivity index (χ4n) is 3.16. The summed E-state index contributed by atoms with van der Waals surface area (Å²) in [5, 5.41) is 13.8. The van der Waals surface area contributed by atoms with Crippen molar-refractivity contribution in [3.8, 4) is 0 Å². The number of hydrogen-bond acceptors (Lipinski definition) is 3. The van der Waals surface area contributed by atoms with E-state index in [2.05, 4.69) is 17.1 Å². The quantitative estimate of drug-likeness (QED) is 0.654. The van der Waals surface area contributed by atoms with Crippen molar-refractivity contribution < 1.29 is 5.11 Å². The lowest BCUT2D eigenvalue weighted by molar-refractivity contribution is 0.0888. The van der Waals surface area contributed by atoms with Crippen LogP contribution in [0.2, 0.25) is 0 Å². The molecule has 0 amide bonds. The van der Waals surface area contributed by atoms with Crippen molar-refractivity contribution in [3.63, 3.8) is 0 Å². The molecule has 1 unspecified atom stereocenters. The largest absolute Gasteiger partial charge is 0.394 e. The molecule has 1 atom stereocenters. The Morgan fingerprint density at radius 3 is 2.33 bits per heavy atom. The van der Waals surface area contributed by atoms with Gasteiger partial charge in [0.25, 0.3) is 0 Å². The van der Waals surface area contributed by atoms with Crippen molar-refractivity contribution in [1.29, 1.82) is 0 Å². The predicted octanol–water partition coefficient (Wildman–Crippen LogP) is 1.61. The highest BCUT2D eigenvalue weighted by Gasteiger charge is 2.48. The van der Waals surface area contributed by atoms with Gasteiger partial charge < -0.3 is 15.3 Å². The van der Waals surface area contributed by atoms with Gasteiger partial charge in [0, 0.05) is 19.1 Å². The molecule has 0 aromatic rings. The highest BCUT2D eigenvalue weighted by Crippen LogP contribution is 2.42. The van der Waals surface area contributed by atoms with Crippen LogP contribution in [0, 0.1) is 11.8 Å². The second-order valence-corrected chi connectivity index (χ2v) is 6.78. The highest BCUT2D eigenvalue weighted by atomic mass is 16.3. The van der Waals surface area contributed by atoms with Gasteiger partial charge in [-0.1, -0.05) is 6.92 Å². The third-order valence-electron chi connectivity index (χ3n) is 4.88. The lowest BCUT2D eigenvalue weighted by Crippen LogP contribution is -2.59. The van der Waals surface area contributed by atoms with Gasteiger partial charge in [-0.2, -0.15) is 0 Å². The normalized spacial score (nSPS) is 27.5. The molecule has 3 saturated carbocycles. The Morgan fingerprint density at radius 2 is 1.89 bits per heavy atom. The molecule has 3 nitrogen and oxygen atoms in total. The number of nitrogens with zero attached hydrogens (tertiary/aromatic N) is 1. The van der Waals surface area contributed by atoms with Crippen LogP contribution < -0.4 is 5.32 Å². The molecular weight excluding hydrogens is 224 g/mol. The maximum Gasteiger partial charge on any atom is 0.0628 e. The first-order valence-electron chi connectivity index (χ1n) is 7.86. The maximum atomic E-state index is 9.97. The van der Waals surface area contributed by atoms with Crippen molar-refractivity contribution in [2.24, 2.45) is 11.8 Å². The van der Waals surface area contributed by atoms with Crippen LogP contribution in [0.15, 0.2) is 0 Å². The van der Waals surface area contributed by atoms with E-state index in [0.717, 1.165) is 24.9 Å². The first-order valence-corrected chi connectivity index (χ1v) is 7.86. The molecular formula is C15H28N2O. The van der Waals surface area contributed by atoms with Gasteiger partial charge in [-0.3, -0.25) is 0 Å². The van der Waals surface area contributed by atoms with Crippen LogP contribution in [0.25, 0.3) is 0 Å². The van der Waals surface area contributed by atoms with E-state index < -0.39 is 0 Å². The van der Waals surface area contributed by atoms with Crippen LogP contribution in [-0.2, 0) is 0 Å². The van der Waals surface area contributed by atoms with Gasteiger partial charge in [-0.25, -0.2) is 0 Å². The van der Waals surface area contributed by atoms with Gasteiger partial charge in [0.2, 0.25) is 0 Å². The minimum atomic E-state index is 0.00602. The van der Waals surface area contributed by atoms with Crippen molar-refractivity contribution in [2.75, 3.05) is 26.2 Å². The molecule has 0 bridgehead atoms. The Labute approximate surface area is 111 Å². The van der Waals surface area contributed by atoms with Gasteiger partial charge in [-0.05, 0) is 56.9 Å². The maximum absolute atomic E-state index is 9.97. The van der Waals surface area contributed by atoms with E-state index in [1.807, 2.05) is 0 Å². The second-order valence-electron chi connectivity index (χ2n) is 6.78. The number of rotatable bonds is 9. The van der Waals surface area contributed by atoms with Gasteiger partial charge in [-0.15, -0.1) is 0 Å². The van der Waals surface area contributed by atoms with Gasteiger partial charge in [0.1, 0.15) is 0 Å². The molecule has 2 N–H and O–H groups in total. The molecule has 3 rings (SSSR count). The van der Waals surface area contributed by atoms with Crippen LogP contribution in [0.3, 0.4) is 0 Å². The van der Waals surface area contributed by atoms with Crippen molar-refractivity contribution in [3.05, 3.63) is 0 Å². The summed E-state index contributed by atoms with van der Waals surface area (Å²) in [5.74, 6) is 1.66. The third-order valence-corrected chi connectivity index (χ3v) is 4.88. The van der Waals surface area contributed by atoms with E-state index in [1.54, 1.807) is 0 Å². The zero-order valence-electron chi connectivity index (χ0n) is 11.7. The fraction of sp³-hybridized carbons (Fsp3) is 1.00. The average molecular weight is 252 g/mol. The van der Waals surface area contributed by atoms with E-state index in [4.69, 9.17) is 0 Å². The number of aliphatic hydroxyl groups is 1. The Kier molecular flexibility index (Phi) is 3.65. The fourth-order valence-corrected chi connectivity index (χ4v) is 3.16. The summed E-state index contributed by atoms with van der Waals surface area (Å²) in [6.07, 6.45) is 8.07. The zero-order chi connectivity index (χ0) is 12.6. The molecule has 3 fully saturated rings. The van der Waals surface area contributed by atoms with E-state index in [9.17, 15) is 5.11 Å².